The van der Waals surface area contributed by atoms with E-state index in [1.165, 1.54) is 0 Å². The van der Waals surface area contributed by atoms with Crippen LogP contribution < -0.4 is 5.32 Å². The molecule has 1 atom stereocenters. The van der Waals surface area contributed by atoms with Crippen molar-refractivity contribution < 1.29 is 19.0 Å². The van der Waals surface area contributed by atoms with Crippen molar-refractivity contribution in [1.82, 2.24) is 10.2 Å². The Morgan fingerprint density at radius 3 is 2.55 bits per heavy atom. The zero-order valence-corrected chi connectivity index (χ0v) is 13.1. The molecule has 0 aromatic rings. The molecule has 2 rings (SSSR count). The first-order valence-corrected chi connectivity index (χ1v) is 7.18. The molecule has 6 nitrogen and oxygen atoms in total. The fourth-order valence-electron chi connectivity index (χ4n) is 2.24. The van der Waals surface area contributed by atoms with E-state index in [0.717, 1.165) is 6.54 Å². The minimum absolute atomic E-state index is 0.0839. The number of likely N-dealkylation sites (tertiary alicyclic amines) is 1. The lowest BCUT2D eigenvalue weighted by Crippen LogP contribution is -2.61. The van der Waals surface area contributed by atoms with Crippen LogP contribution in [0.2, 0.25) is 0 Å². The first-order valence-electron chi connectivity index (χ1n) is 7.18. The quantitative estimate of drug-likeness (QED) is 0.848. The summed E-state index contributed by atoms with van der Waals surface area (Å²) in [4.78, 5) is 13.5. The molecule has 0 saturated carbocycles. The van der Waals surface area contributed by atoms with Gasteiger partial charge in [-0.15, -0.1) is 0 Å². The van der Waals surface area contributed by atoms with E-state index >= 15 is 0 Å². The van der Waals surface area contributed by atoms with Gasteiger partial charge in [0.1, 0.15) is 5.60 Å². The molecule has 2 fully saturated rings. The van der Waals surface area contributed by atoms with Crippen LogP contribution in [0.3, 0.4) is 0 Å². The fourth-order valence-corrected chi connectivity index (χ4v) is 2.24. The van der Waals surface area contributed by atoms with Gasteiger partial charge >= 0.3 is 6.09 Å². The second-order valence-electron chi connectivity index (χ2n) is 6.94. The maximum absolute atomic E-state index is 11.8. The van der Waals surface area contributed by atoms with E-state index in [0.29, 0.717) is 25.7 Å². The van der Waals surface area contributed by atoms with Gasteiger partial charge in [-0.1, -0.05) is 0 Å². The van der Waals surface area contributed by atoms with Gasteiger partial charge in [0, 0.05) is 25.7 Å². The molecule has 0 bridgehead atoms. The zero-order chi connectivity index (χ0) is 15.0. The van der Waals surface area contributed by atoms with Gasteiger partial charge in [0.15, 0.2) is 5.79 Å². The number of carbonyl (C=O) groups excluding carboxylic acids is 1. The molecule has 0 aromatic carbocycles. The van der Waals surface area contributed by atoms with Crippen molar-refractivity contribution >= 4 is 6.09 Å². The zero-order valence-electron chi connectivity index (χ0n) is 13.1. The molecule has 0 radical (unpaired) electrons. The summed E-state index contributed by atoms with van der Waals surface area (Å²) in [6.45, 7) is 12.2. The highest BCUT2D eigenvalue weighted by atomic mass is 16.7. The van der Waals surface area contributed by atoms with E-state index in [1.807, 2.05) is 34.6 Å². The Labute approximate surface area is 120 Å². The van der Waals surface area contributed by atoms with Gasteiger partial charge in [0.05, 0.1) is 12.7 Å². The lowest BCUT2D eigenvalue weighted by molar-refractivity contribution is -0.138. The van der Waals surface area contributed by atoms with Crippen LogP contribution in [0.5, 0.6) is 0 Å². The van der Waals surface area contributed by atoms with Gasteiger partial charge in [0.2, 0.25) is 0 Å². The molecule has 116 valence electrons. The van der Waals surface area contributed by atoms with Crippen LogP contribution in [0.15, 0.2) is 0 Å². The number of carbonyl (C=O) groups is 1. The summed E-state index contributed by atoms with van der Waals surface area (Å²) >= 11 is 0. The molecule has 0 spiro atoms. The van der Waals surface area contributed by atoms with Crippen LogP contribution in [0.4, 0.5) is 4.79 Å². The van der Waals surface area contributed by atoms with E-state index in [4.69, 9.17) is 14.2 Å². The number of nitrogens with zero attached hydrogens (tertiary/aromatic N) is 1. The van der Waals surface area contributed by atoms with E-state index in [2.05, 4.69) is 5.32 Å². The van der Waals surface area contributed by atoms with Gasteiger partial charge in [-0.05, 0) is 34.6 Å². The van der Waals surface area contributed by atoms with Crippen LogP contribution >= 0.6 is 0 Å². The highest BCUT2D eigenvalue weighted by Gasteiger charge is 2.36. The molecule has 0 aliphatic carbocycles. The molecule has 20 heavy (non-hydrogen) atoms. The van der Waals surface area contributed by atoms with E-state index < -0.39 is 11.4 Å². The van der Waals surface area contributed by atoms with Crippen molar-refractivity contribution in [1.29, 1.82) is 0 Å². The smallest absolute Gasteiger partial charge is 0.410 e. The van der Waals surface area contributed by atoms with Gasteiger partial charge in [-0.2, -0.15) is 0 Å². The van der Waals surface area contributed by atoms with Crippen LogP contribution in [0, 0.1) is 0 Å². The standard InChI is InChI=1S/C14H26N2O4/c1-13(2,3)20-12(17)16-7-10(8-16)15-6-11-9-18-14(4,5)19-11/h10-11,15H,6-9H2,1-5H3. The molecular formula is C14H26N2O4. The summed E-state index contributed by atoms with van der Waals surface area (Å²) < 4.78 is 16.5. The van der Waals surface area contributed by atoms with Crippen molar-refractivity contribution in [2.75, 3.05) is 26.2 Å². The summed E-state index contributed by atoms with van der Waals surface area (Å²) in [5.74, 6) is -0.478. The average Bonchev–Trinajstić information content (AvgIpc) is 2.53. The van der Waals surface area contributed by atoms with Gasteiger partial charge in [-0.3, -0.25) is 0 Å². The van der Waals surface area contributed by atoms with Crippen molar-refractivity contribution in [3.63, 3.8) is 0 Å². The number of amides is 1. The highest BCUT2D eigenvalue weighted by molar-refractivity contribution is 5.69. The Hall–Kier alpha value is -0.850. The highest BCUT2D eigenvalue weighted by Crippen LogP contribution is 2.22. The monoisotopic (exact) mass is 286 g/mol. The summed E-state index contributed by atoms with van der Waals surface area (Å²) in [6, 6.07) is 0.315. The average molecular weight is 286 g/mol. The van der Waals surface area contributed by atoms with Crippen molar-refractivity contribution in [3.05, 3.63) is 0 Å². The summed E-state index contributed by atoms with van der Waals surface area (Å²) in [5, 5.41) is 3.39. The molecule has 2 saturated heterocycles. The largest absolute Gasteiger partial charge is 0.444 e. The number of rotatable bonds is 3. The lowest BCUT2D eigenvalue weighted by Gasteiger charge is -2.40. The Balaban J connectivity index is 1.62. The van der Waals surface area contributed by atoms with Crippen molar-refractivity contribution in [2.24, 2.45) is 0 Å². The molecule has 1 unspecified atom stereocenters. The molecule has 6 heteroatoms. The maximum Gasteiger partial charge on any atom is 0.410 e. The molecule has 2 aliphatic rings. The molecular weight excluding hydrogens is 260 g/mol. The second-order valence-corrected chi connectivity index (χ2v) is 6.94. The molecule has 0 aromatic heterocycles. The third-order valence-corrected chi connectivity index (χ3v) is 3.23. The summed E-state index contributed by atoms with van der Waals surface area (Å²) in [6.07, 6.45) is -0.155. The minimum Gasteiger partial charge on any atom is -0.444 e. The molecule has 1 amide bonds. The normalized spacial score (nSPS) is 26.4. The topological polar surface area (TPSA) is 60.0 Å². The first kappa shape index (κ1) is 15.5. The Morgan fingerprint density at radius 1 is 1.40 bits per heavy atom. The predicted molar refractivity (Wildman–Crippen MR) is 74.5 cm³/mol. The molecule has 2 heterocycles. The van der Waals surface area contributed by atoms with Crippen molar-refractivity contribution in [3.8, 4) is 0 Å². The van der Waals surface area contributed by atoms with Crippen molar-refractivity contribution in [2.45, 2.75) is 58.2 Å². The van der Waals surface area contributed by atoms with Crippen LogP contribution in [0.25, 0.3) is 0 Å². The van der Waals surface area contributed by atoms with Gasteiger partial charge in [0.25, 0.3) is 0 Å². The summed E-state index contributed by atoms with van der Waals surface area (Å²) in [7, 11) is 0. The number of hydrogen-bond donors (Lipinski definition) is 1. The van der Waals surface area contributed by atoms with Crippen LogP contribution in [-0.4, -0.2) is 60.8 Å². The van der Waals surface area contributed by atoms with E-state index in [-0.39, 0.29) is 12.2 Å². The minimum atomic E-state index is -0.478. The number of ether oxygens (including phenoxy) is 3. The van der Waals surface area contributed by atoms with Gasteiger partial charge < -0.3 is 24.4 Å². The molecule has 2 aliphatic heterocycles. The number of nitrogens with one attached hydrogen (secondary N) is 1. The number of hydrogen-bond acceptors (Lipinski definition) is 5. The Kier molecular flexibility index (Phi) is 4.27. The van der Waals surface area contributed by atoms with E-state index in [9.17, 15) is 4.79 Å². The summed E-state index contributed by atoms with van der Waals surface area (Å²) in [5.41, 5.74) is -0.434. The third-order valence-electron chi connectivity index (χ3n) is 3.23. The third kappa shape index (κ3) is 4.33. The fraction of sp³-hybridized carbons (Fsp3) is 0.929. The van der Waals surface area contributed by atoms with Crippen LogP contribution in [-0.2, 0) is 14.2 Å². The lowest BCUT2D eigenvalue weighted by atomic mass is 10.1. The Morgan fingerprint density at radius 2 is 2.05 bits per heavy atom. The van der Waals surface area contributed by atoms with Gasteiger partial charge in [-0.25, -0.2) is 4.79 Å². The second kappa shape index (κ2) is 5.50. The first-order chi connectivity index (χ1) is 9.15. The molecule has 1 N–H and O–H groups in total. The predicted octanol–water partition coefficient (Wildman–Crippen LogP) is 1.35. The maximum atomic E-state index is 11.8. The Bertz CT molecular complexity index is 359. The van der Waals surface area contributed by atoms with E-state index in [1.54, 1.807) is 4.90 Å². The SMILES string of the molecule is CC(C)(C)OC(=O)N1CC(NCC2COC(C)(C)O2)C1. The van der Waals surface area contributed by atoms with Crippen LogP contribution in [0.1, 0.15) is 34.6 Å².